The summed E-state index contributed by atoms with van der Waals surface area (Å²) in [6.07, 6.45) is 5.77. The van der Waals surface area contributed by atoms with Crippen LogP contribution in [0.3, 0.4) is 0 Å². The molecule has 0 bridgehead atoms. The van der Waals surface area contributed by atoms with E-state index in [1.807, 2.05) is 6.08 Å². The van der Waals surface area contributed by atoms with Gasteiger partial charge < -0.3 is 0 Å². The second-order valence-electron chi connectivity index (χ2n) is 4.51. The van der Waals surface area contributed by atoms with Crippen molar-refractivity contribution in [3.05, 3.63) is 11.6 Å². The average Bonchev–Trinajstić information content (AvgIpc) is 2.56. The fourth-order valence-corrected chi connectivity index (χ4v) is 3.24. The van der Waals surface area contributed by atoms with Gasteiger partial charge in [-0.15, -0.1) is 11.6 Å². The molecule has 1 nitrogen and oxygen atoms in total. The fraction of sp³-hybridized carbons (Fsp3) is 0.818. The molecule has 0 aromatic carbocycles. The van der Waals surface area contributed by atoms with E-state index in [0.29, 0.717) is 5.38 Å². The van der Waals surface area contributed by atoms with Crippen molar-refractivity contribution in [3.63, 3.8) is 0 Å². The van der Waals surface area contributed by atoms with Crippen molar-refractivity contribution in [2.75, 3.05) is 19.6 Å². The Hall–Kier alpha value is 0.280. The zero-order valence-corrected chi connectivity index (χ0v) is 9.84. The molecule has 0 aromatic heterocycles. The third-order valence-electron chi connectivity index (χ3n) is 3.51. The predicted molar refractivity (Wildman–Crippen MR) is 61.9 cm³/mol. The molecule has 3 unspecified atom stereocenters. The molecule has 3 atom stereocenters. The lowest BCUT2D eigenvalue weighted by molar-refractivity contribution is 0.304. The van der Waals surface area contributed by atoms with Crippen molar-refractivity contribution >= 4 is 23.2 Å². The Balaban J connectivity index is 1.85. The molecule has 3 heteroatoms. The van der Waals surface area contributed by atoms with E-state index >= 15 is 0 Å². The zero-order chi connectivity index (χ0) is 9.97. The van der Waals surface area contributed by atoms with Gasteiger partial charge in [-0.2, -0.15) is 0 Å². The Morgan fingerprint density at radius 1 is 1.21 bits per heavy atom. The number of likely N-dealkylation sites (tertiary alicyclic amines) is 1. The van der Waals surface area contributed by atoms with Gasteiger partial charge in [0, 0.05) is 30.5 Å². The van der Waals surface area contributed by atoms with E-state index in [0.717, 1.165) is 18.4 Å². The van der Waals surface area contributed by atoms with Crippen molar-refractivity contribution in [2.45, 2.75) is 24.6 Å². The van der Waals surface area contributed by atoms with Gasteiger partial charge in [0.05, 0.1) is 0 Å². The van der Waals surface area contributed by atoms with Gasteiger partial charge in [0.15, 0.2) is 0 Å². The van der Waals surface area contributed by atoms with Gasteiger partial charge in [-0.05, 0) is 31.1 Å². The summed E-state index contributed by atoms with van der Waals surface area (Å²) >= 11 is 11.7. The first-order chi connectivity index (χ1) is 6.79. The van der Waals surface area contributed by atoms with Gasteiger partial charge >= 0.3 is 0 Å². The van der Waals surface area contributed by atoms with E-state index in [1.54, 1.807) is 5.54 Å². The number of alkyl halides is 1. The standard InChI is InChI=1S/C11H17Cl2N/c12-4-1-5-14-7-9-2-3-11(13)6-10(9)8-14/h1,4,9-11H,2-3,5-8H2/b4-1+. The van der Waals surface area contributed by atoms with Crippen molar-refractivity contribution in [1.82, 2.24) is 4.90 Å². The Morgan fingerprint density at radius 2 is 2.00 bits per heavy atom. The third kappa shape index (κ3) is 2.44. The number of rotatable bonds is 2. The van der Waals surface area contributed by atoms with Gasteiger partial charge in [0.2, 0.25) is 0 Å². The monoisotopic (exact) mass is 233 g/mol. The van der Waals surface area contributed by atoms with Crippen LogP contribution in [-0.2, 0) is 0 Å². The maximum atomic E-state index is 6.18. The van der Waals surface area contributed by atoms with Crippen LogP contribution < -0.4 is 0 Å². The van der Waals surface area contributed by atoms with Crippen molar-refractivity contribution in [3.8, 4) is 0 Å². The lowest BCUT2D eigenvalue weighted by atomic mass is 9.82. The van der Waals surface area contributed by atoms with Gasteiger partial charge in [-0.25, -0.2) is 0 Å². The molecule has 1 saturated carbocycles. The molecular formula is C11H17Cl2N. The molecule has 0 aromatic rings. The molecular weight excluding hydrogens is 217 g/mol. The Labute approximate surface area is 96.1 Å². The van der Waals surface area contributed by atoms with E-state index in [4.69, 9.17) is 23.2 Å². The molecule has 0 spiro atoms. The smallest absolute Gasteiger partial charge is 0.0339 e. The molecule has 2 aliphatic rings. The first kappa shape index (κ1) is 10.8. The highest BCUT2D eigenvalue weighted by molar-refractivity contribution is 6.25. The van der Waals surface area contributed by atoms with Crippen molar-refractivity contribution in [1.29, 1.82) is 0 Å². The van der Waals surface area contributed by atoms with Crippen LogP contribution in [-0.4, -0.2) is 29.9 Å². The van der Waals surface area contributed by atoms with Crippen LogP contribution in [0.5, 0.6) is 0 Å². The molecule has 0 amide bonds. The highest BCUT2D eigenvalue weighted by atomic mass is 35.5. The minimum atomic E-state index is 0.430. The predicted octanol–water partition coefficient (Wildman–Crippen LogP) is 3.08. The molecule has 0 N–H and O–H groups in total. The lowest BCUT2D eigenvalue weighted by Crippen LogP contribution is -2.23. The minimum Gasteiger partial charge on any atom is -0.299 e. The topological polar surface area (TPSA) is 3.24 Å². The average molecular weight is 234 g/mol. The summed E-state index contributed by atoms with van der Waals surface area (Å²) in [4.78, 5) is 2.49. The number of hydrogen-bond donors (Lipinski definition) is 0. The number of hydrogen-bond acceptors (Lipinski definition) is 1. The molecule has 1 heterocycles. The van der Waals surface area contributed by atoms with Gasteiger partial charge in [0.25, 0.3) is 0 Å². The van der Waals surface area contributed by atoms with Crippen molar-refractivity contribution < 1.29 is 0 Å². The number of fused-ring (bicyclic) bond motifs is 1. The highest BCUT2D eigenvalue weighted by Crippen LogP contribution is 2.37. The molecule has 14 heavy (non-hydrogen) atoms. The molecule has 1 aliphatic heterocycles. The second-order valence-corrected chi connectivity index (χ2v) is 5.38. The SMILES string of the molecule is Cl/C=C/CN1CC2CCC(Cl)CC2C1. The molecule has 1 saturated heterocycles. The van der Waals surface area contributed by atoms with Crippen LogP contribution in [0, 0.1) is 11.8 Å². The lowest BCUT2D eigenvalue weighted by Gasteiger charge is -2.27. The van der Waals surface area contributed by atoms with E-state index in [-0.39, 0.29) is 0 Å². The normalized spacial score (nSPS) is 39.1. The Kier molecular flexibility index (Phi) is 3.75. The summed E-state index contributed by atoms with van der Waals surface area (Å²) in [5.41, 5.74) is 1.62. The third-order valence-corrected chi connectivity index (χ3v) is 4.09. The van der Waals surface area contributed by atoms with Crippen LogP contribution in [0.25, 0.3) is 0 Å². The van der Waals surface area contributed by atoms with E-state index in [2.05, 4.69) is 4.90 Å². The Bertz CT molecular complexity index is 217. The fourth-order valence-electron chi connectivity index (χ4n) is 2.81. The zero-order valence-electron chi connectivity index (χ0n) is 8.33. The summed E-state index contributed by atoms with van der Waals surface area (Å²) in [6.45, 7) is 3.47. The molecule has 0 radical (unpaired) electrons. The molecule has 1 aliphatic carbocycles. The first-order valence-electron chi connectivity index (χ1n) is 5.41. The van der Waals surface area contributed by atoms with E-state index in [9.17, 15) is 0 Å². The summed E-state index contributed by atoms with van der Waals surface area (Å²) < 4.78 is 0. The van der Waals surface area contributed by atoms with E-state index in [1.165, 1.54) is 32.4 Å². The molecule has 2 fully saturated rings. The van der Waals surface area contributed by atoms with Crippen LogP contribution in [0.1, 0.15) is 19.3 Å². The summed E-state index contributed by atoms with van der Waals surface area (Å²) in [7, 11) is 0. The Morgan fingerprint density at radius 3 is 2.79 bits per heavy atom. The highest BCUT2D eigenvalue weighted by Gasteiger charge is 2.36. The summed E-state index contributed by atoms with van der Waals surface area (Å²) in [5, 5.41) is 0.430. The molecule has 2 rings (SSSR count). The first-order valence-corrected chi connectivity index (χ1v) is 6.28. The maximum Gasteiger partial charge on any atom is 0.0339 e. The van der Waals surface area contributed by atoms with Crippen LogP contribution in [0.15, 0.2) is 11.6 Å². The van der Waals surface area contributed by atoms with Crippen LogP contribution in [0.4, 0.5) is 0 Å². The van der Waals surface area contributed by atoms with Crippen LogP contribution in [0.2, 0.25) is 0 Å². The van der Waals surface area contributed by atoms with E-state index < -0.39 is 0 Å². The summed E-state index contributed by atoms with van der Waals surface area (Å²) in [5.74, 6) is 1.74. The minimum absolute atomic E-state index is 0.430. The number of nitrogens with zero attached hydrogens (tertiary/aromatic N) is 1. The summed E-state index contributed by atoms with van der Waals surface area (Å²) in [6, 6.07) is 0. The largest absolute Gasteiger partial charge is 0.299 e. The quantitative estimate of drug-likeness (QED) is 0.663. The van der Waals surface area contributed by atoms with Crippen molar-refractivity contribution in [2.24, 2.45) is 11.8 Å². The molecule has 80 valence electrons. The maximum absolute atomic E-state index is 6.18. The van der Waals surface area contributed by atoms with Gasteiger partial charge in [-0.3, -0.25) is 4.90 Å². The second kappa shape index (κ2) is 4.87. The van der Waals surface area contributed by atoms with Crippen LogP contribution >= 0.6 is 23.2 Å². The van der Waals surface area contributed by atoms with Gasteiger partial charge in [0.1, 0.15) is 0 Å². The van der Waals surface area contributed by atoms with Gasteiger partial charge in [-0.1, -0.05) is 17.7 Å². The number of halogens is 2.